The molecule has 2 aliphatic heterocycles. The smallest absolute Gasteiger partial charge is 0.201 e. The molecule has 6 nitrogen and oxygen atoms in total. The van der Waals surface area contributed by atoms with E-state index in [-0.39, 0.29) is 32.2 Å². The van der Waals surface area contributed by atoms with Crippen LogP contribution in [0.4, 0.5) is 11.4 Å². The minimum Gasteiger partial charge on any atom is -1.00 e. The van der Waals surface area contributed by atoms with Crippen molar-refractivity contribution in [1.82, 2.24) is 19.1 Å². The molecule has 0 radical (unpaired) electrons. The number of benzene rings is 4. The first-order valence-electron chi connectivity index (χ1n) is 17.0. The Hall–Kier alpha value is -3.30. The molecule has 276 valence electrons. The highest BCUT2D eigenvalue weighted by atomic mass is 35.5. The molecule has 2 aliphatic carbocycles. The van der Waals surface area contributed by atoms with Crippen LogP contribution in [0.2, 0.25) is 0 Å². The van der Waals surface area contributed by atoms with Gasteiger partial charge in [-0.2, -0.15) is 0 Å². The van der Waals surface area contributed by atoms with Crippen molar-refractivity contribution in [2.24, 2.45) is 0 Å². The number of fused-ring (bicyclic) bond motifs is 4. The minimum atomic E-state index is 0. The molecule has 0 amide bonds. The van der Waals surface area contributed by atoms with Crippen LogP contribution in [0.25, 0.3) is 41.6 Å². The van der Waals surface area contributed by atoms with Gasteiger partial charge in [-0.15, -0.1) is 22.7 Å². The Morgan fingerprint density at radius 3 is 1.12 bits per heavy atom. The molecule has 0 saturated carbocycles. The summed E-state index contributed by atoms with van der Waals surface area (Å²) < 4.78 is 6.87. The van der Waals surface area contributed by atoms with Crippen molar-refractivity contribution >= 4 is 54.5 Å². The Labute approximate surface area is 326 Å². The SMILES string of the molecule is CCc1cc(=[N+](C)C)cc2sc3cc(N(C)C)cc(CC)c3nc1-2.CCc1cc(=[N+](C)C)cc2sc3cc(N(C)C)cc(CC)c3nc1-2.[CH3-].[Cl-].[Cl-]. The Kier molecular flexibility index (Phi) is 15.9. The van der Waals surface area contributed by atoms with Gasteiger partial charge < -0.3 is 42.0 Å². The first kappa shape index (κ1) is 43.9. The first-order valence-corrected chi connectivity index (χ1v) is 18.7. The van der Waals surface area contributed by atoms with Crippen LogP contribution >= 0.6 is 22.7 Å². The predicted molar refractivity (Wildman–Crippen MR) is 219 cm³/mol. The zero-order chi connectivity index (χ0) is 34.9. The monoisotopic (exact) mass is 765 g/mol. The van der Waals surface area contributed by atoms with Gasteiger partial charge in [0.15, 0.2) is 0 Å². The van der Waals surface area contributed by atoms with Gasteiger partial charge >= 0.3 is 0 Å². The summed E-state index contributed by atoms with van der Waals surface area (Å²) in [6, 6.07) is 18.1. The van der Waals surface area contributed by atoms with Crippen LogP contribution < -0.4 is 54.5 Å². The molecule has 0 bridgehead atoms. The maximum Gasteiger partial charge on any atom is 0.201 e. The van der Waals surface area contributed by atoms with Crippen molar-refractivity contribution in [3.05, 3.63) is 88.9 Å². The van der Waals surface area contributed by atoms with Crippen molar-refractivity contribution in [2.75, 3.05) is 66.2 Å². The highest BCUT2D eigenvalue weighted by Crippen LogP contribution is 2.37. The number of anilines is 2. The van der Waals surface area contributed by atoms with Crippen LogP contribution in [0.3, 0.4) is 0 Å². The number of nitrogens with zero attached hydrogens (tertiary/aromatic N) is 6. The van der Waals surface area contributed by atoms with E-state index in [0.29, 0.717) is 0 Å². The summed E-state index contributed by atoms with van der Waals surface area (Å²) in [7, 11) is 16.8. The lowest BCUT2D eigenvalue weighted by Gasteiger charge is -2.17. The summed E-state index contributed by atoms with van der Waals surface area (Å²) >= 11 is 3.72. The molecular weight excluding hydrogens is 712 g/mol. The van der Waals surface area contributed by atoms with Gasteiger partial charge in [0.2, 0.25) is 10.7 Å². The summed E-state index contributed by atoms with van der Waals surface area (Å²) in [5, 5.41) is 2.49. The Morgan fingerprint density at radius 2 is 0.843 bits per heavy atom. The van der Waals surface area contributed by atoms with E-state index < -0.39 is 0 Å². The molecular formula is C41H55Cl2N6S2-. The molecule has 2 aromatic rings. The van der Waals surface area contributed by atoms with Gasteiger partial charge in [-0.05, 0) is 72.2 Å². The third-order valence-electron chi connectivity index (χ3n) is 9.03. The van der Waals surface area contributed by atoms with E-state index in [9.17, 15) is 0 Å². The Morgan fingerprint density at radius 1 is 0.510 bits per heavy atom. The molecule has 4 aliphatic rings. The van der Waals surface area contributed by atoms with Crippen molar-refractivity contribution in [1.29, 1.82) is 0 Å². The lowest BCUT2D eigenvalue weighted by atomic mass is 10.1. The van der Waals surface area contributed by atoms with Crippen LogP contribution in [0.5, 0.6) is 0 Å². The van der Waals surface area contributed by atoms with Crippen LogP contribution in [-0.4, -0.2) is 66.3 Å². The van der Waals surface area contributed by atoms with E-state index in [2.05, 4.69) is 152 Å². The molecule has 6 rings (SSSR count). The zero-order valence-corrected chi connectivity index (χ0v) is 35.8. The molecule has 0 N–H and O–H groups in total. The van der Waals surface area contributed by atoms with E-state index in [1.807, 2.05) is 22.7 Å². The Balaban J connectivity index is 0.000000334. The molecule has 0 spiro atoms. The van der Waals surface area contributed by atoms with Crippen molar-refractivity contribution < 1.29 is 24.8 Å². The Bertz CT molecular complexity index is 2040. The molecule has 0 unspecified atom stereocenters. The minimum absolute atomic E-state index is 0. The fourth-order valence-electron chi connectivity index (χ4n) is 5.99. The molecule has 2 aromatic carbocycles. The third kappa shape index (κ3) is 9.20. The maximum absolute atomic E-state index is 5.09. The highest BCUT2D eigenvalue weighted by molar-refractivity contribution is 7.22. The van der Waals surface area contributed by atoms with Crippen molar-refractivity contribution in [3.8, 4) is 21.1 Å². The van der Waals surface area contributed by atoms with E-state index in [1.54, 1.807) is 0 Å². The number of rotatable bonds is 6. The zero-order valence-electron chi connectivity index (χ0n) is 32.7. The predicted octanol–water partition coefficient (Wildman–Crippen LogP) is 1.71. The topological polar surface area (TPSA) is 38.3 Å². The van der Waals surface area contributed by atoms with Gasteiger partial charge in [0.1, 0.15) is 28.2 Å². The van der Waals surface area contributed by atoms with E-state index in [0.717, 1.165) is 48.1 Å². The van der Waals surface area contributed by atoms with Crippen molar-refractivity contribution in [3.63, 3.8) is 0 Å². The summed E-state index contributed by atoms with van der Waals surface area (Å²) in [6.07, 6.45) is 4.00. The van der Waals surface area contributed by atoms with Gasteiger partial charge in [-0.25, -0.2) is 19.1 Å². The molecule has 0 fully saturated rings. The molecule has 0 aromatic heterocycles. The maximum atomic E-state index is 5.09. The second-order valence-electron chi connectivity index (χ2n) is 13.2. The average molecular weight is 767 g/mol. The number of halogens is 2. The second-order valence-corrected chi connectivity index (χ2v) is 15.4. The quantitative estimate of drug-likeness (QED) is 0.147. The van der Waals surface area contributed by atoms with Gasteiger partial charge in [0.25, 0.3) is 0 Å². The van der Waals surface area contributed by atoms with Gasteiger partial charge in [0.05, 0.1) is 41.6 Å². The molecule has 51 heavy (non-hydrogen) atoms. The largest absolute Gasteiger partial charge is 1.00 e. The van der Waals surface area contributed by atoms with Gasteiger partial charge in [-0.3, -0.25) is 0 Å². The summed E-state index contributed by atoms with van der Waals surface area (Å²) in [6.45, 7) is 8.84. The van der Waals surface area contributed by atoms with Gasteiger partial charge in [0, 0.05) is 63.8 Å². The average Bonchev–Trinajstić information content (AvgIpc) is 3.07. The number of aromatic nitrogens is 2. The fourth-order valence-corrected chi connectivity index (χ4v) is 8.27. The highest BCUT2D eigenvalue weighted by Gasteiger charge is 2.18. The molecule has 0 saturated heterocycles. The summed E-state index contributed by atoms with van der Waals surface area (Å²) in [5.41, 5.74) is 12.4. The van der Waals surface area contributed by atoms with Crippen LogP contribution in [-0.2, 0) is 25.7 Å². The van der Waals surface area contributed by atoms with Crippen LogP contribution in [0, 0.1) is 7.43 Å². The van der Waals surface area contributed by atoms with Crippen LogP contribution in [0.15, 0.2) is 48.5 Å². The lowest BCUT2D eigenvalue weighted by molar-refractivity contribution is -0.00100. The van der Waals surface area contributed by atoms with E-state index in [1.165, 1.54) is 63.5 Å². The normalized spacial score (nSPS) is 10.6. The standard InChI is InChI=1S/2C20H26N3S.CH3.2ClH/c2*1-7-13-9-15(22(3)4)11-17-19(13)21-20-14(8-2)10-16(23(5)6)12-18(20)24-17;;;/h2*9-12H,7-8H2,1-6H3;1H3;2*1H/q2*+1;-1;;/p-2. The summed E-state index contributed by atoms with van der Waals surface area (Å²) in [5.74, 6) is 0. The first-order chi connectivity index (χ1) is 22.9. The lowest BCUT2D eigenvalue weighted by Crippen LogP contribution is -3.00. The van der Waals surface area contributed by atoms with E-state index >= 15 is 0 Å². The van der Waals surface area contributed by atoms with Gasteiger partial charge in [-0.1, -0.05) is 27.7 Å². The van der Waals surface area contributed by atoms with Crippen molar-refractivity contribution in [2.45, 2.75) is 53.4 Å². The second kappa shape index (κ2) is 18.5. The number of hydrogen-bond donors (Lipinski definition) is 0. The summed E-state index contributed by atoms with van der Waals surface area (Å²) in [4.78, 5) is 17.1. The number of aryl methyl sites for hydroxylation is 4. The molecule has 10 heteroatoms. The van der Waals surface area contributed by atoms with E-state index in [4.69, 9.17) is 9.97 Å². The molecule has 0 atom stereocenters. The number of hydrogen-bond acceptors (Lipinski definition) is 6. The fraction of sp³-hybridized carbons (Fsp3) is 0.390. The van der Waals surface area contributed by atoms with Crippen LogP contribution in [0.1, 0.15) is 49.9 Å². The third-order valence-corrected chi connectivity index (χ3v) is 11.2. The molecule has 2 heterocycles.